The highest BCUT2D eigenvalue weighted by Crippen LogP contribution is 2.23. The lowest BCUT2D eigenvalue weighted by molar-refractivity contribution is -0.387. The van der Waals surface area contributed by atoms with Crippen LogP contribution in [0.25, 0.3) is 0 Å². The summed E-state index contributed by atoms with van der Waals surface area (Å²) in [7, 11) is 0. The Bertz CT molecular complexity index is 694. The van der Waals surface area contributed by atoms with E-state index in [0.717, 1.165) is 12.1 Å². The fraction of sp³-hybridized carbons (Fsp3) is 0.154. The maximum absolute atomic E-state index is 13.2. The summed E-state index contributed by atoms with van der Waals surface area (Å²) in [5, 5.41) is 13.1. The third kappa shape index (κ3) is 2.66. The maximum atomic E-state index is 13.2. The number of amides is 1. The van der Waals surface area contributed by atoms with Crippen molar-refractivity contribution in [2.75, 3.05) is 5.32 Å². The van der Waals surface area contributed by atoms with E-state index in [1.54, 1.807) is 19.9 Å². The van der Waals surface area contributed by atoms with E-state index in [1.165, 1.54) is 6.07 Å². The monoisotopic (exact) mass is 278 g/mol. The van der Waals surface area contributed by atoms with Crippen LogP contribution >= 0.6 is 0 Å². The Morgan fingerprint density at radius 2 is 2.05 bits per heavy atom. The van der Waals surface area contributed by atoms with E-state index < -0.39 is 22.3 Å². The van der Waals surface area contributed by atoms with Gasteiger partial charge >= 0.3 is 5.69 Å². The molecule has 1 aromatic heterocycles. The number of hydrogen-bond donors (Lipinski definition) is 1. The molecule has 20 heavy (non-hydrogen) atoms. The zero-order valence-electron chi connectivity index (χ0n) is 10.8. The van der Waals surface area contributed by atoms with Crippen LogP contribution in [0.5, 0.6) is 0 Å². The number of halogens is 1. The van der Waals surface area contributed by atoms with Crippen LogP contribution in [0.2, 0.25) is 0 Å². The predicted molar refractivity (Wildman–Crippen MR) is 69.2 cm³/mol. The van der Waals surface area contributed by atoms with Gasteiger partial charge in [-0.1, -0.05) is 0 Å². The third-order valence-electron chi connectivity index (χ3n) is 2.69. The Morgan fingerprint density at radius 3 is 2.60 bits per heavy atom. The molecule has 7 heteroatoms. The zero-order valence-corrected chi connectivity index (χ0v) is 10.8. The molecule has 2 rings (SSSR count). The van der Waals surface area contributed by atoms with Crippen LogP contribution in [0, 0.1) is 29.8 Å². The molecule has 2 aromatic rings. The predicted octanol–water partition coefficient (Wildman–Crippen LogP) is 3.20. The van der Waals surface area contributed by atoms with E-state index in [4.69, 9.17) is 4.42 Å². The van der Waals surface area contributed by atoms with E-state index in [2.05, 4.69) is 5.32 Å². The highest BCUT2D eigenvalue weighted by Gasteiger charge is 2.17. The van der Waals surface area contributed by atoms with Crippen LogP contribution in [0.15, 0.2) is 28.7 Å². The van der Waals surface area contributed by atoms with E-state index in [-0.39, 0.29) is 5.69 Å². The van der Waals surface area contributed by atoms with Crippen molar-refractivity contribution >= 4 is 17.3 Å². The second-order valence-electron chi connectivity index (χ2n) is 4.20. The number of rotatable bonds is 3. The number of anilines is 1. The van der Waals surface area contributed by atoms with Crippen LogP contribution in [-0.4, -0.2) is 10.8 Å². The SMILES string of the molecule is Cc1cc(C(=O)Nc2ccc(F)c([N+](=O)[O-])c2)c(C)o1. The number of benzene rings is 1. The number of furan rings is 1. The molecular formula is C13H11FN2O4. The summed E-state index contributed by atoms with van der Waals surface area (Å²) >= 11 is 0. The first-order valence-electron chi connectivity index (χ1n) is 5.71. The minimum absolute atomic E-state index is 0.140. The first-order chi connectivity index (χ1) is 9.38. The summed E-state index contributed by atoms with van der Waals surface area (Å²) in [5.74, 6) is -0.405. The summed E-state index contributed by atoms with van der Waals surface area (Å²) < 4.78 is 18.4. The van der Waals surface area contributed by atoms with Crippen LogP contribution < -0.4 is 5.32 Å². The van der Waals surface area contributed by atoms with Crippen LogP contribution in [0.4, 0.5) is 15.8 Å². The number of nitrogens with one attached hydrogen (secondary N) is 1. The van der Waals surface area contributed by atoms with E-state index in [1.807, 2.05) is 0 Å². The van der Waals surface area contributed by atoms with Gasteiger partial charge in [-0.3, -0.25) is 14.9 Å². The maximum Gasteiger partial charge on any atom is 0.306 e. The van der Waals surface area contributed by atoms with Gasteiger partial charge in [-0.15, -0.1) is 0 Å². The van der Waals surface area contributed by atoms with Gasteiger partial charge in [0.05, 0.1) is 10.5 Å². The Morgan fingerprint density at radius 1 is 1.35 bits per heavy atom. The fourth-order valence-corrected chi connectivity index (χ4v) is 1.79. The number of nitro groups is 1. The van der Waals surface area contributed by atoms with Gasteiger partial charge < -0.3 is 9.73 Å². The molecule has 0 bridgehead atoms. The largest absolute Gasteiger partial charge is 0.466 e. The third-order valence-corrected chi connectivity index (χ3v) is 2.69. The molecule has 0 saturated carbocycles. The van der Waals surface area contributed by atoms with Crippen molar-refractivity contribution in [2.45, 2.75) is 13.8 Å². The number of aryl methyl sites for hydroxylation is 2. The van der Waals surface area contributed by atoms with E-state index >= 15 is 0 Å². The topological polar surface area (TPSA) is 85.4 Å². The molecule has 0 radical (unpaired) electrons. The molecule has 0 atom stereocenters. The van der Waals surface area contributed by atoms with Gasteiger partial charge in [-0.2, -0.15) is 4.39 Å². The summed E-state index contributed by atoms with van der Waals surface area (Å²) in [6, 6.07) is 4.71. The standard InChI is InChI=1S/C13H11FN2O4/c1-7-5-10(8(2)20-7)13(17)15-9-3-4-11(14)12(6-9)16(18)19/h3-6H,1-2H3,(H,15,17). The average Bonchev–Trinajstić information content (AvgIpc) is 2.70. The van der Waals surface area contributed by atoms with Gasteiger partial charge in [0.2, 0.25) is 5.82 Å². The molecule has 0 aliphatic rings. The summed E-state index contributed by atoms with van der Waals surface area (Å²) in [5.41, 5.74) is -0.223. The molecule has 1 N–H and O–H groups in total. The number of carbonyl (C=O) groups excluding carboxylic acids is 1. The summed E-state index contributed by atoms with van der Waals surface area (Å²) in [4.78, 5) is 21.8. The second-order valence-corrected chi connectivity index (χ2v) is 4.20. The Labute approximate surface area is 113 Å². The van der Waals surface area contributed by atoms with E-state index in [0.29, 0.717) is 17.1 Å². The van der Waals surface area contributed by atoms with Crippen molar-refractivity contribution in [2.24, 2.45) is 0 Å². The van der Waals surface area contributed by atoms with Crippen molar-refractivity contribution in [1.82, 2.24) is 0 Å². The molecule has 6 nitrogen and oxygen atoms in total. The van der Waals surface area contributed by atoms with Crippen LogP contribution in [0.1, 0.15) is 21.9 Å². The lowest BCUT2D eigenvalue weighted by Gasteiger charge is -2.04. The minimum atomic E-state index is -0.955. The second kappa shape index (κ2) is 5.12. The molecule has 0 saturated heterocycles. The Balaban J connectivity index is 2.26. The Kier molecular flexibility index (Phi) is 3.51. The van der Waals surface area contributed by atoms with Gasteiger partial charge in [0, 0.05) is 11.8 Å². The molecule has 1 aromatic carbocycles. The molecule has 1 heterocycles. The van der Waals surface area contributed by atoms with Crippen molar-refractivity contribution in [3.05, 3.63) is 57.3 Å². The molecule has 0 aliphatic heterocycles. The first kappa shape index (κ1) is 13.7. The minimum Gasteiger partial charge on any atom is -0.466 e. The average molecular weight is 278 g/mol. The highest BCUT2D eigenvalue weighted by molar-refractivity contribution is 6.05. The van der Waals surface area contributed by atoms with Gasteiger partial charge in [-0.25, -0.2) is 0 Å². The first-order valence-corrected chi connectivity index (χ1v) is 5.71. The number of nitrogens with zero attached hydrogens (tertiary/aromatic N) is 1. The molecular weight excluding hydrogens is 267 g/mol. The number of carbonyl (C=O) groups is 1. The molecule has 0 spiro atoms. The zero-order chi connectivity index (χ0) is 14.9. The van der Waals surface area contributed by atoms with Crippen molar-refractivity contribution in [3.63, 3.8) is 0 Å². The van der Waals surface area contributed by atoms with Gasteiger partial charge in [0.1, 0.15) is 11.5 Å². The quantitative estimate of drug-likeness (QED) is 0.690. The van der Waals surface area contributed by atoms with Crippen LogP contribution in [-0.2, 0) is 0 Å². The molecule has 0 aliphatic carbocycles. The lowest BCUT2D eigenvalue weighted by atomic mass is 10.2. The normalized spacial score (nSPS) is 10.3. The number of nitro benzene ring substituents is 1. The van der Waals surface area contributed by atoms with Crippen molar-refractivity contribution < 1.29 is 18.5 Å². The number of hydrogen-bond acceptors (Lipinski definition) is 4. The highest BCUT2D eigenvalue weighted by atomic mass is 19.1. The van der Waals surface area contributed by atoms with Crippen molar-refractivity contribution in [3.8, 4) is 0 Å². The smallest absolute Gasteiger partial charge is 0.306 e. The van der Waals surface area contributed by atoms with Crippen molar-refractivity contribution in [1.29, 1.82) is 0 Å². The summed E-state index contributed by atoms with van der Waals surface area (Å²) in [6.07, 6.45) is 0. The fourth-order valence-electron chi connectivity index (χ4n) is 1.79. The van der Waals surface area contributed by atoms with Gasteiger partial charge in [0.15, 0.2) is 0 Å². The van der Waals surface area contributed by atoms with Gasteiger partial charge in [0.25, 0.3) is 5.91 Å². The summed E-state index contributed by atoms with van der Waals surface area (Å²) in [6.45, 7) is 3.33. The van der Waals surface area contributed by atoms with E-state index in [9.17, 15) is 19.3 Å². The molecule has 104 valence electrons. The molecule has 1 amide bonds. The lowest BCUT2D eigenvalue weighted by Crippen LogP contribution is -2.12. The van der Waals surface area contributed by atoms with Crippen LogP contribution in [0.3, 0.4) is 0 Å². The Hall–Kier alpha value is -2.70. The molecule has 0 fully saturated rings. The molecule has 0 unspecified atom stereocenters. The van der Waals surface area contributed by atoms with Gasteiger partial charge in [-0.05, 0) is 32.0 Å².